The Labute approximate surface area is 87.8 Å². The molecule has 0 amide bonds. The van der Waals surface area contributed by atoms with E-state index < -0.39 is 0 Å². The van der Waals surface area contributed by atoms with Crippen LogP contribution < -0.4 is 0 Å². The summed E-state index contributed by atoms with van der Waals surface area (Å²) in [7, 11) is 0. The number of rotatable bonds is 3. The number of hydrogen-bond acceptors (Lipinski definition) is 1. The smallest absolute Gasteiger partial charge is 0.0681 e. The molecule has 0 aromatic heterocycles. The molecule has 0 aliphatic rings. The summed E-state index contributed by atoms with van der Waals surface area (Å²) in [5, 5.41) is 8.92. The van der Waals surface area contributed by atoms with Crippen LogP contribution in [0.4, 0.5) is 0 Å². The highest BCUT2D eigenvalue weighted by molar-refractivity contribution is 5.25. The van der Waals surface area contributed by atoms with Gasteiger partial charge in [-0.15, -0.1) is 0 Å². The second-order valence-electron chi connectivity index (χ2n) is 3.21. The summed E-state index contributed by atoms with van der Waals surface area (Å²) in [4.78, 5) is 0. The van der Waals surface area contributed by atoms with Crippen molar-refractivity contribution in [3.05, 3.63) is 35.4 Å². The Balaban J connectivity index is 0.000000791. The highest BCUT2D eigenvalue weighted by Gasteiger charge is 2.02. The molecule has 1 unspecified atom stereocenters. The Hall–Kier alpha value is -0.820. The third-order valence-electron chi connectivity index (χ3n) is 2.32. The van der Waals surface area contributed by atoms with Gasteiger partial charge in [-0.1, -0.05) is 52.0 Å². The number of benzene rings is 1. The van der Waals surface area contributed by atoms with Crippen molar-refractivity contribution in [2.45, 2.75) is 46.6 Å². The van der Waals surface area contributed by atoms with E-state index in [9.17, 15) is 0 Å². The molecule has 0 heterocycles. The minimum Gasteiger partial charge on any atom is -0.392 e. The van der Waals surface area contributed by atoms with Crippen LogP contribution in [0.3, 0.4) is 0 Å². The SMILES string of the molecule is CC.CCC(C)c1cccc(CO)c1. The second kappa shape index (κ2) is 7.57. The van der Waals surface area contributed by atoms with E-state index in [2.05, 4.69) is 26.0 Å². The minimum atomic E-state index is 0.143. The molecule has 1 heteroatoms. The lowest BCUT2D eigenvalue weighted by Crippen LogP contribution is -1.92. The number of hydrogen-bond donors (Lipinski definition) is 1. The van der Waals surface area contributed by atoms with Gasteiger partial charge in [0.1, 0.15) is 0 Å². The molecule has 1 atom stereocenters. The zero-order valence-electron chi connectivity index (χ0n) is 9.75. The first-order valence-electron chi connectivity index (χ1n) is 5.47. The van der Waals surface area contributed by atoms with Crippen LogP contribution in [0.1, 0.15) is 51.2 Å². The summed E-state index contributed by atoms with van der Waals surface area (Å²) in [6.45, 7) is 8.52. The lowest BCUT2D eigenvalue weighted by atomic mass is 9.97. The van der Waals surface area contributed by atoms with E-state index in [1.54, 1.807) is 0 Å². The molecule has 0 saturated heterocycles. The molecule has 0 fully saturated rings. The van der Waals surface area contributed by atoms with Crippen LogP contribution in [0.25, 0.3) is 0 Å². The van der Waals surface area contributed by atoms with E-state index in [1.165, 1.54) is 5.56 Å². The van der Waals surface area contributed by atoms with Crippen molar-refractivity contribution in [1.29, 1.82) is 0 Å². The lowest BCUT2D eigenvalue weighted by Gasteiger charge is -2.09. The van der Waals surface area contributed by atoms with Crippen LogP contribution in [0.5, 0.6) is 0 Å². The van der Waals surface area contributed by atoms with Gasteiger partial charge in [0.25, 0.3) is 0 Å². The molecule has 80 valence electrons. The summed E-state index contributed by atoms with van der Waals surface area (Å²) in [6.07, 6.45) is 1.15. The van der Waals surface area contributed by atoms with Crippen LogP contribution in [-0.2, 0) is 6.61 Å². The third kappa shape index (κ3) is 3.93. The molecule has 1 aromatic carbocycles. The molecule has 0 saturated carbocycles. The van der Waals surface area contributed by atoms with Crippen molar-refractivity contribution < 1.29 is 5.11 Å². The fourth-order valence-corrected chi connectivity index (χ4v) is 1.23. The van der Waals surface area contributed by atoms with Crippen molar-refractivity contribution in [2.75, 3.05) is 0 Å². The maximum Gasteiger partial charge on any atom is 0.0681 e. The largest absolute Gasteiger partial charge is 0.392 e. The molecule has 0 bridgehead atoms. The van der Waals surface area contributed by atoms with Gasteiger partial charge in [-0.25, -0.2) is 0 Å². The summed E-state index contributed by atoms with van der Waals surface area (Å²) in [5.41, 5.74) is 2.33. The summed E-state index contributed by atoms with van der Waals surface area (Å²) < 4.78 is 0. The van der Waals surface area contributed by atoms with Gasteiger partial charge in [-0.05, 0) is 23.5 Å². The summed E-state index contributed by atoms with van der Waals surface area (Å²) >= 11 is 0. The molecule has 0 aliphatic carbocycles. The van der Waals surface area contributed by atoms with Gasteiger partial charge in [-0.2, -0.15) is 0 Å². The van der Waals surface area contributed by atoms with Gasteiger partial charge in [0, 0.05) is 0 Å². The van der Waals surface area contributed by atoms with E-state index in [1.807, 2.05) is 26.0 Å². The monoisotopic (exact) mass is 194 g/mol. The standard InChI is InChI=1S/C11H16O.C2H6/c1-3-9(2)11-6-4-5-10(7-11)8-12;1-2/h4-7,9,12H,3,8H2,1-2H3;1-2H3. The third-order valence-corrected chi connectivity index (χ3v) is 2.32. The first kappa shape index (κ1) is 13.2. The van der Waals surface area contributed by atoms with E-state index in [0.717, 1.165) is 12.0 Å². The lowest BCUT2D eigenvalue weighted by molar-refractivity contribution is 0.281. The van der Waals surface area contributed by atoms with Crippen LogP contribution in [0, 0.1) is 0 Å². The van der Waals surface area contributed by atoms with Crippen LogP contribution in [0.2, 0.25) is 0 Å². The average Bonchev–Trinajstić information content (AvgIpc) is 2.30. The minimum absolute atomic E-state index is 0.143. The Morgan fingerprint density at radius 3 is 2.43 bits per heavy atom. The molecule has 1 rings (SSSR count). The highest BCUT2D eigenvalue weighted by atomic mass is 16.3. The van der Waals surface area contributed by atoms with Gasteiger partial charge < -0.3 is 5.11 Å². The van der Waals surface area contributed by atoms with Gasteiger partial charge in [0.05, 0.1) is 6.61 Å². The quantitative estimate of drug-likeness (QED) is 0.777. The fraction of sp³-hybridized carbons (Fsp3) is 0.538. The van der Waals surface area contributed by atoms with Gasteiger partial charge in [-0.3, -0.25) is 0 Å². The highest BCUT2D eigenvalue weighted by Crippen LogP contribution is 2.19. The number of aliphatic hydroxyl groups is 1. The topological polar surface area (TPSA) is 20.2 Å². The van der Waals surface area contributed by atoms with Crippen molar-refractivity contribution in [3.8, 4) is 0 Å². The molecule has 1 aromatic rings. The maximum absolute atomic E-state index is 8.92. The maximum atomic E-state index is 8.92. The predicted octanol–water partition coefficient (Wildman–Crippen LogP) is 3.72. The van der Waals surface area contributed by atoms with Crippen molar-refractivity contribution in [2.24, 2.45) is 0 Å². The Morgan fingerprint density at radius 1 is 1.29 bits per heavy atom. The molecule has 1 nitrogen and oxygen atoms in total. The van der Waals surface area contributed by atoms with Gasteiger partial charge in [0.2, 0.25) is 0 Å². The summed E-state index contributed by atoms with van der Waals surface area (Å²) in [5.74, 6) is 0.594. The molecule has 0 aliphatic heterocycles. The second-order valence-corrected chi connectivity index (χ2v) is 3.21. The normalized spacial score (nSPS) is 11.5. The Kier molecular flexibility index (Phi) is 7.13. The molecule has 14 heavy (non-hydrogen) atoms. The Morgan fingerprint density at radius 2 is 1.93 bits per heavy atom. The van der Waals surface area contributed by atoms with Crippen LogP contribution in [-0.4, -0.2) is 5.11 Å². The van der Waals surface area contributed by atoms with Crippen molar-refractivity contribution >= 4 is 0 Å². The Bertz CT molecular complexity index is 243. The summed E-state index contributed by atoms with van der Waals surface area (Å²) in [6, 6.07) is 8.15. The molecule has 0 radical (unpaired) electrons. The van der Waals surface area contributed by atoms with E-state index >= 15 is 0 Å². The first-order valence-corrected chi connectivity index (χ1v) is 5.47. The van der Waals surface area contributed by atoms with E-state index in [0.29, 0.717) is 5.92 Å². The molecular weight excluding hydrogens is 172 g/mol. The van der Waals surface area contributed by atoms with E-state index in [-0.39, 0.29) is 6.61 Å². The molecule has 1 N–H and O–H groups in total. The molecule has 0 spiro atoms. The predicted molar refractivity (Wildman–Crippen MR) is 62.4 cm³/mol. The fourth-order valence-electron chi connectivity index (χ4n) is 1.23. The average molecular weight is 194 g/mol. The van der Waals surface area contributed by atoms with Crippen molar-refractivity contribution in [3.63, 3.8) is 0 Å². The van der Waals surface area contributed by atoms with Crippen LogP contribution >= 0.6 is 0 Å². The van der Waals surface area contributed by atoms with Gasteiger partial charge in [0.15, 0.2) is 0 Å². The van der Waals surface area contributed by atoms with E-state index in [4.69, 9.17) is 5.11 Å². The molecular formula is C13H22O. The van der Waals surface area contributed by atoms with Gasteiger partial charge >= 0.3 is 0 Å². The zero-order valence-corrected chi connectivity index (χ0v) is 9.75. The zero-order chi connectivity index (χ0) is 11.0. The van der Waals surface area contributed by atoms with Crippen molar-refractivity contribution in [1.82, 2.24) is 0 Å². The van der Waals surface area contributed by atoms with Crippen LogP contribution in [0.15, 0.2) is 24.3 Å². The number of aliphatic hydroxyl groups excluding tert-OH is 1. The first-order chi connectivity index (χ1) is 6.77.